The molecule has 3 aromatic heterocycles. The molecule has 1 amide bonds. The number of aryl methyl sites for hydroxylation is 3. The van der Waals surface area contributed by atoms with E-state index in [-0.39, 0.29) is 23.4 Å². The highest BCUT2D eigenvalue weighted by molar-refractivity contribution is 5.96. The molecule has 8 heteroatoms. The van der Waals surface area contributed by atoms with Gasteiger partial charge in [-0.25, -0.2) is 4.98 Å². The molecule has 0 radical (unpaired) electrons. The molecule has 0 bridgehead atoms. The van der Waals surface area contributed by atoms with Crippen molar-refractivity contribution in [2.45, 2.75) is 33.9 Å². The Morgan fingerprint density at radius 1 is 1.29 bits per heavy atom. The highest BCUT2D eigenvalue weighted by Crippen LogP contribution is 2.11. The zero-order valence-corrected chi connectivity index (χ0v) is 13.7. The molecule has 3 heterocycles. The van der Waals surface area contributed by atoms with Crippen LogP contribution < -0.4 is 10.7 Å². The zero-order chi connectivity index (χ0) is 17.3. The monoisotopic (exact) mass is 327 g/mol. The largest absolute Gasteiger partial charge is 0.424 e. The summed E-state index contributed by atoms with van der Waals surface area (Å²) >= 11 is 0. The van der Waals surface area contributed by atoms with Crippen molar-refractivity contribution in [3.63, 3.8) is 0 Å². The van der Waals surface area contributed by atoms with Gasteiger partial charge in [-0.1, -0.05) is 0 Å². The fourth-order valence-corrected chi connectivity index (χ4v) is 2.42. The van der Waals surface area contributed by atoms with Crippen molar-refractivity contribution in [2.24, 2.45) is 0 Å². The van der Waals surface area contributed by atoms with Gasteiger partial charge in [0, 0.05) is 25.4 Å². The number of pyridine rings is 2. The van der Waals surface area contributed by atoms with Gasteiger partial charge in [0.25, 0.3) is 5.91 Å². The van der Waals surface area contributed by atoms with Crippen molar-refractivity contribution in [2.75, 3.05) is 0 Å². The van der Waals surface area contributed by atoms with Gasteiger partial charge in [-0.15, -0.1) is 10.2 Å². The van der Waals surface area contributed by atoms with E-state index in [1.165, 1.54) is 6.20 Å². The first kappa shape index (κ1) is 15.9. The Balaban J connectivity index is 1.96. The van der Waals surface area contributed by atoms with Gasteiger partial charge in [0.05, 0.1) is 11.9 Å². The number of amides is 1. The van der Waals surface area contributed by atoms with Gasteiger partial charge in [0.15, 0.2) is 0 Å². The van der Waals surface area contributed by atoms with Gasteiger partial charge in [-0.3, -0.25) is 9.59 Å². The first-order valence-electron chi connectivity index (χ1n) is 7.57. The van der Waals surface area contributed by atoms with Crippen LogP contribution in [0.4, 0.5) is 0 Å². The van der Waals surface area contributed by atoms with Crippen LogP contribution in [0.2, 0.25) is 0 Å². The quantitative estimate of drug-likeness (QED) is 0.776. The van der Waals surface area contributed by atoms with Crippen LogP contribution in [-0.2, 0) is 13.1 Å². The van der Waals surface area contributed by atoms with E-state index >= 15 is 0 Å². The maximum Gasteiger partial charge on any atom is 0.257 e. The van der Waals surface area contributed by atoms with Crippen LogP contribution in [0.1, 0.15) is 34.8 Å². The standard InChI is InChI=1S/C16H17N5O3/c1-4-21-8-12(14(22)11-6-5-9(2)18-15(11)21)16(23)17-7-13-20-19-10(3)24-13/h5-6,8H,4,7H2,1-3H3,(H,17,23). The third-order valence-electron chi connectivity index (χ3n) is 3.61. The summed E-state index contributed by atoms with van der Waals surface area (Å²) in [6, 6.07) is 3.46. The van der Waals surface area contributed by atoms with Crippen LogP contribution in [0.5, 0.6) is 0 Å². The fraction of sp³-hybridized carbons (Fsp3) is 0.312. The molecule has 8 nitrogen and oxygen atoms in total. The molecule has 124 valence electrons. The smallest absolute Gasteiger partial charge is 0.257 e. The molecule has 3 aromatic rings. The summed E-state index contributed by atoms with van der Waals surface area (Å²) < 4.78 is 6.99. The highest BCUT2D eigenvalue weighted by Gasteiger charge is 2.16. The van der Waals surface area contributed by atoms with E-state index in [2.05, 4.69) is 20.5 Å². The summed E-state index contributed by atoms with van der Waals surface area (Å²) in [5.74, 6) is 0.218. The summed E-state index contributed by atoms with van der Waals surface area (Å²) in [5, 5.41) is 10.5. The number of hydrogen-bond acceptors (Lipinski definition) is 6. The number of carbonyl (C=O) groups is 1. The van der Waals surface area contributed by atoms with Crippen LogP contribution in [0.25, 0.3) is 11.0 Å². The Bertz CT molecular complexity index is 973. The van der Waals surface area contributed by atoms with Crippen molar-refractivity contribution in [1.82, 2.24) is 25.1 Å². The van der Waals surface area contributed by atoms with Gasteiger partial charge >= 0.3 is 0 Å². The lowest BCUT2D eigenvalue weighted by atomic mass is 10.1. The van der Waals surface area contributed by atoms with Crippen molar-refractivity contribution in [3.8, 4) is 0 Å². The van der Waals surface area contributed by atoms with E-state index in [1.807, 2.05) is 13.8 Å². The number of nitrogens with zero attached hydrogens (tertiary/aromatic N) is 4. The maximum atomic E-state index is 12.6. The van der Waals surface area contributed by atoms with Crippen LogP contribution in [0, 0.1) is 13.8 Å². The molecule has 0 saturated heterocycles. The second kappa shape index (κ2) is 6.23. The minimum atomic E-state index is -0.486. The van der Waals surface area contributed by atoms with Gasteiger partial charge in [-0.05, 0) is 26.0 Å². The average molecular weight is 327 g/mol. The van der Waals surface area contributed by atoms with Crippen molar-refractivity contribution in [3.05, 3.63) is 51.6 Å². The van der Waals surface area contributed by atoms with Crippen molar-refractivity contribution in [1.29, 1.82) is 0 Å². The third-order valence-corrected chi connectivity index (χ3v) is 3.61. The molecular weight excluding hydrogens is 310 g/mol. The summed E-state index contributed by atoms with van der Waals surface area (Å²) in [6.45, 7) is 6.11. The number of nitrogens with one attached hydrogen (secondary N) is 1. The normalized spacial score (nSPS) is 11.0. The topological polar surface area (TPSA) is 103 Å². The summed E-state index contributed by atoms with van der Waals surface area (Å²) in [6.07, 6.45) is 1.53. The SMILES string of the molecule is CCn1cc(C(=O)NCc2nnc(C)o2)c(=O)c2ccc(C)nc21. The van der Waals surface area contributed by atoms with E-state index in [0.717, 1.165) is 5.69 Å². The minimum Gasteiger partial charge on any atom is -0.424 e. The molecule has 24 heavy (non-hydrogen) atoms. The summed E-state index contributed by atoms with van der Waals surface area (Å²) in [7, 11) is 0. The molecule has 0 aromatic carbocycles. The van der Waals surface area contributed by atoms with Crippen molar-refractivity contribution < 1.29 is 9.21 Å². The van der Waals surface area contributed by atoms with Crippen molar-refractivity contribution >= 4 is 16.9 Å². The fourth-order valence-electron chi connectivity index (χ4n) is 2.42. The van der Waals surface area contributed by atoms with E-state index in [4.69, 9.17) is 4.42 Å². The van der Waals surface area contributed by atoms with Gasteiger partial charge in [0.2, 0.25) is 17.2 Å². The summed E-state index contributed by atoms with van der Waals surface area (Å²) in [4.78, 5) is 29.4. The second-order valence-electron chi connectivity index (χ2n) is 5.38. The predicted molar refractivity (Wildman–Crippen MR) is 86.6 cm³/mol. The summed E-state index contributed by atoms with van der Waals surface area (Å²) in [5.41, 5.74) is 1.10. The zero-order valence-electron chi connectivity index (χ0n) is 13.7. The van der Waals surface area contributed by atoms with Crippen LogP contribution >= 0.6 is 0 Å². The van der Waals surface area contributed by atoms with E-state index in [9.17, 15) is 9.59 Å². The Kier molecular flexibility index (Phi) is 4.11. The molecule has 1 N–H and O–H groups in total. The Morgan fingerprint density at radius 2 is 2.08 bits per heavy atom. The molecular formula is C16H17N5O3. The lowest BCUT2D eigenvalue weighted by Gasteiger charge is -2.11. The number of rotatable bonds is 4. The minimum absolute atomic E-state index is 0.0613. The molecule has 0 aliphatic heterocycles. The van der Waals surface area contributed by atoms with Gasteiger partial charge < -0.3 is 14.3 Å². The molecule has 0 unspecified atom stereocenters. The molecule has 0 aliphatic carbocycles. The van der Waals surface area contributed by atoms with E-state index in [1.54, 1.807) is 23.6 Å². The number of aromatic nitrogens is 4. The average Bonchev–Trinajstić information content (AvgIpc) is 2.98. The second-order valence-corrected chi connectivity index (χ2v) is 5.38. The van der Waals surface area contributed by atoms with Crippen LogP contribution in [-0.4, -0.2) is 25.7 Å². The molecule has 0 aliphatic rings. The number of fused-ring (bicyclic) bond motifs is 1. The Morgan fingerprint density at radius 3 is 2.75 bits per heavy atom. The predicted octanol–water partition coefficient (Wildman–Crippen LogP) is 1.35. The number of hydrogen-bond donors (Lipinski definition) is 1. The maximum absolute atomic E-state index is 12.6. The Hall–Kier alpha value is -3.03. The van der Waals surface area contributed by atoms with Gasteiger partial charge in [-0.2, -0.15) is 0 Å². The lowest BCUT2D eigenvalue weighted by Crippen LogP contribution is -2.29. The van der Waals surface area contributed by atoms with E-state index in [0.29, 0.717) is 23.5 Å². The first-order valence-corrected chi connectivity index (χ1v) is 7.57. The third kappa shape index (κ3) is 2.90. The molecule has 0 atom stereocenters. The van der Waals surface area contributed by atoms with Gasteiger partial charge in [0.1, 0.15) is 11.2 Å². The van der Waals surface area contributed by atoms with E-state index < -0.39 is 5.91 Å². The molecule has 0 fully saturated rings. The van der Waals surface area contributed by atoms with Crippen LogP contribution in [0.3, 0.4) is 0 Å². The lowest BCUT2D eigenvalue weighted by molar-refractivity contribution is 0.0945. The molecule has 3 rings (SSSR count). The van der Waals surface area contributed by atoms with Crippen LogP contribution in [0.15, 0.2) is 27.5 Å². The Labute approximate surface area is 137 Å². The highest BCUT2D eigenvalue weighted by atomic mass is 16.4. The molecule has 0 spiro atoms. The molecule has 0 saturated carbocycles. The first-order chi connectivity index (χ1) is 11.5. The number of carbonyl (C=O) groups excluding carboxylic acids is 1.